The van der Waals surface area contributed by atoms with Gasteiger partial charge in [0.05, 0.1) is 0 Å². The van der Waals surface area contributed by atoms with Crippen molar-refractivity contribution in [2.45, 2.75) is 24.2 Å². The van der Waals surface area contributed by atoms with E-state index < -0.39 is 0 Å². The van der Waals surface area contributed by atoms with Crippen molar-refractivity contribution >= 4 is 27.5 Å². The summed E-state index contributed by atoms with van der Waals surface area (Å²) >= 11 is 9.62. The molecule has 2 rings (SSSR count). The predicted octanol–water partition coefficient (Wildman–Crippen LogP) is 3.84. The van der Waals surface area contributed by atoms with Crippen molar-refractivity contribution in [2.75, 3.05) is 13.1 Å². The molecule has 0 N–H and O–H groups in total. The van der Waals surface area contributed by atoms with Gasteiger partial charge < -0.3 is 0 Å². The van der Waals surface area contributed by atoms with Crippen molar-refractivity contribution in [2.24, 2.45) is 0 Å². The van der Waals surface area contributed by atoms with Gasteiger partial charge in [-0.1, -0.05) is 33.6 Å². The zero-order valence-electron chi connectivity index (χ0n) is 8.93. The quantitative estimate of drug-likeness (QED) is 0.751. The minimum Gasteiger partial charge on any atom is -0.299 e. The van der Waals surface area contributed by atoms with Crippen LogP contribution in [0.4, 0.5) is 4.39 Å². The van der Waals surface area contributed by atoms with E-state index in [0.717, 1.165) is 25.2 Å². The Labute approximate surface area is 109 Å². The van der Waals surface area contributed by atoms with Crippen molar-refractivity contribution in [1.29, 1.82) is 0 Å². The molecule has 0 aromatic heterocycles. The van der Waals surface area contributed by atoms with Gasteiger partial charge in [-0.15, -0.1) is 0 Å². The smallest absolute Gasteiger partial charge is 0.124 e. The molecule has 0 unspecified atom stereocenters. The summed E-state index contributed by atoms with van der Waals surface area (Å²) in [4.78, 5) is 3.00. The average Bonchev–Trinajstić information content (AvgIpc) is 2.25. The van der Waals surface area contributed by atoms with Gasteiger partial charge in [-0.2, -0.15) is 0 Å². The van der Waals surface area contributed by atoms with Crippen LogP contribution in [0.1, 0.15) is 18.4 Å². The molecule has 1 fully saturated rings. The Morgan fingerprint density at radius 1 is 1.38 bits per heavy atom. The Bertz CT molecular complexity index is 364. The van der Waals surface area contributed by atoms with Gasteiger partial charge >= 0.3 is 0 Å². The molecule has 1 aliphatic heterocycles. The van der Waals surface area contributed by atoms with E-state index in [1.807, 2.05) is 0 Å². The fraction of sp³-hybridized carbons (Fsp3) is 0.500. The standard InChI is InChI=1S/C12H14BrClFN/c13-10-3-5-16(6-4-10)8-9-1-2-11(15)7-12(9)14/h1-2,7,10H,3-6,8H2. The summed E-state index contributed by atoms with van der Waals surface area (Å²) in [6.45, 7) is 2.96. The minimum atomic E-state index is -0.270. The fourth-order valence-electron chi connectivity index (χ4n) is 1.95. The number of halogens is 3. The van der Waals surface area contributed by atoms with Gasteiger partial charge in [0.1, 0.15) is 5.82 Å². The minimum absolute atomic E-state index is 0.270. The summed E-state index contributed by atoms with van der Waals surface area (Å²) < 4.78 is 12.9. The van der Waals surface area contributed by atoms with Crippen LogP contribution in [-0.2, 0) is 6.54 Å². The van der Waals surface area contributed by atoms with Crippen molar-refractivity contribution in [3.05, 3.63) is 34.6 Å². The molecule has 1 saturated heterocycles. The second-order valence-corrected chi connectivity index (χ2v) is 5.89. The molecule has 0 spiro atoms. The van der Waals surface area contributed by atoms with Crippen molar-refractivity contribution in [3.8, 4) is 0 Å². The average molecular weight is 307 g/mol. The first-order valence-electron chi connectivity index (χ1n) is 5.45. The van der Waals surface area contributed by atoms with Gasteiger partial charge in [-0.3, -0.25) is 4.90 Å². The zero-order chi connectivity index (χ0) is 11.5. The molecule has 1 aromatic rings. The Balaban J connectivity index is 1.98. The molecule has 0 saturated carbocycles. The van der Waals surface area contributed by atoms with Crippen LogP contribution in [-0.4, -0.2) is 22.8 Å². The summed E-state index contributed by atoms with van der Waals surface area (Å²) in [5.74, 6) is -0.270. The maximum atomic E-state index is 12.9. The molecular weight excluding hydrogens is 292 g/mol. The highest BCUT2D eigenvalue weighted by atomic mass is 79.9. The van der Waals surface area contributed by atoms with Crippen molar-refractivity contribution in [1.82, 2.24) is 4.90 Å². The molecule has 0 aliphatic carbocycles. The van der Waals surface area contributed by atoms with E-state index in [2.05, 4.69) is 20.8 Å². The molecule has 0 bridgehead atoms. The molecule has 1 nitrogen and oxygen atoms in total. The number of rotatable bonds is 2. The van der Waals surface area contributed by atoms with Gasteiger partial charge in [0.2, 0.25) is 0 Å². The van der Waals surface area contributed by atoms with E-state index in [4.69, 9.17) is 11.6 Å². The Kier molecular flexibility index (Phi) is 4.22. The van der Waals surface area contributed by atoms with Gasteiger partial charge in [0.15, 0.2) is 0 Å². The van der Waals surface area contributed by atoms with Crippen LogP contribution in [0.15, 0.2) is 18.2 Å². The third kappa shape index (κ3) is 3.19. The molecule has 4 heteroatoms. The number of hydrogen-bond acceptors (Lipinski definition) is 1. The second-order valence-electron chi connectivity index (χ2n) is 4.19. The molecule has 1 aromatic carbocycles. The maximum Gasteiger partial charge on any atom is 0.124 e. The topological polar surface area (TPSA) is 3.24 Å². The van der Waals surface area contributed by atoms with Gasteiger partial charge in [-0.05, 0) is 43.6 Å². The Morgan fingerprint density at radius 3 is 2.69 bits per heavy atom. The van der Waals surface area contributed by atoms with Crippen LogP contribution in [0.25, 0.3) is 0 Å². The van der Waals surface area contributed by atoms with Crippen LogP contribution in [0.5, 0.6) is 0 Å². The summed E-state index contributed by atoms with van der Waals surface area (Å²) in [5, 5.41) is 0.529. The summed E-state index contributed by atoms with van der Waals surface area (Å²) in [7, 11) is 0. The van der Waals surface area contributed by atoms with Crippen molar-refractivity contribution in [3.63, 3.8) is 0 Å². The Hall–Kier alpha value is -0.120. The molecular formula is C12H14BrClFN. The number of nitrogens with zero attached hydrogens (tertiary/aromatic N) is 1. The number of piperidine rings is 1. The Morgan fingerprint density at radius 2 is 2.06 bits per heavy atom. The molecule has 88 valence electrons. The van der Waals surface area contributed by atoms with E-state index in [1.165, 1.54) is 25.0 Å². The number of benzene rings is 1. The molecule has 0 atom stereocenters. The third-order valence-corrected chi connectivity index (χ3v) is 4.19. The normalized spacial score (nSPS) is 18.9. The molecule has 1 heterocycles. The monoisotopic (exact) mass is 305 g/mol. The lowest BCUT2D eigenvalue weighted by Gasteiger charge is -2.29. The number of alkyl halides is 1. The van der Waals surface area contributed by atoms with Crippen LogP contribution in [0.3, 0.4) is 0 Å². The second kappa shape index (κ2) is 5.48. The molecule has 1 aliphatic rings. The van der Waals surface area contributed by atoms with E-state index in [-0.39, 0.29) is 5.82 Å². The number of likely N-dealkylation sites (tertiary alicyclic amines) is 1. The first kappa shape index (κ1) is 12.3. The van der Waals surface area contributed by atoms with Gasteiger partial charge in [-0.25, -0.2) is 4.39 Å². The lowest BCUT2D eigenvalue weighted by atomic mass is 10.1. The summed E-state index contributed by atoms with van der Waals surface area (Å²) in [6, 6.07) is 4.63. The first-order valence-corrected chi connectivity index (χ1v) is 6.75. The molecule has 0 amide bonds. The van der Waals surface area contributed by atoms with Crippen LogP contribution >= 0.6 is 27.5 Å². The van der Waals surface area contributed by atoms with Crippen LogP contribution < -0.4 is 0 Å². The van der Waals surface area contributed by atoms with E-state index in [0.29, 0.717) is 9.85 Å². The summed E-state index contributed by atoms with van der Waals surface area (Å²) in [6.07, 6.45) is 2.33. The lowest BCUT2D eigenvalue weighted by molar-refractivity contribution is 0.226. The van der Waals surface area contributed by atoms with Crippen LogP contribution in [0, 0.1) is 5.82 Å². The van der Waals surface area contributed by atoms with Crippen molar-refractivity contribution < 1.29 is 4.39 Å². The van der Waals surface area contributed by atoms with E-state index in [9.17, 15) is 4.39 Å². The highest BCUT2D eigenvalue weighted by Crippen LogP contribution is 2.22. The van der Waals surface area contributed by atoms with E-state index >= 15 is 0 Å². The highest BCUT2D eigenvalue weighted by molar-refractivity contribution is 9.09. The first-order chi connectivity index (χ1) is 7.65. The van der Waals surface area contributed by atoms with Crippen LogP contribution in [0.2, 0.25) is 5.02 Å². The molecule has 16 heavy (non-hydrogen) atoms. The summed E-state index contributed by atoms with van der Waals surface area (Å²) in [5.41, 5.74) is 1.01. The fourth-order valence-corrected chi connectivity index (χ4v) is 2.59. The lowest BCUT2D eigenvalue weighted by Crippen LogP contribution is -2.33. The predicted molar refractivity (Wildman–Crippen MR) is 68.6 cm³/mol. The zero-order valence-corrected chi connectivity index (χ0v) is 11.3. The third-order valence-electron chi connectivity index (χ3n) is 2.93. The van der Waals surface area contributed by atoms with E-state index in [1.54, 1.807) is 6.07 Å². The van der Waals surface area contributed by atoms with Gasteiger partial charge in [0, 0.05) is 16.4 Å². The number of hydrogen-bond donors (Lipinski definition) is 0. The maximum absolute atomic E-state index is 12.9. The highest BCUT2D eigenvalue weighted by Gasteiger charge is 2.17. The molecule has 0 radical (unpaired) electrons. The SMILES string of the molecule is Fc1ccc(CN2CCC(Br)CC2)c(Cl)c1. The van der Waals surface area contributed by atoms with Gasteiger partial charge in [0.25, 0.3) is 0 Å². The largest absolute Gasteiger partial charge is 0.299 e.